The minimum Gasteiger partial charge on any atom is -0.444 e. The first-order valence-electron chi connectivity index (χ1n) is 6.68. The number of benzene rings is 1. The zero-order valence-corrected chi connectivity index (χ0v) is 11.6. The van der Waals surface area contributed by atoms with Gasteiger partial charge in [-0.25, -0.2) is 4.79 Å². The molecule has 1 aliphatic carbocycles. The Hall–Kier alpha value is -1.55. The van der Waals surface area contributed by atoms with Crippen LogP contribution < -0.4 is 5.32 Å². The number of aliphatic hydroxyl groups excluding tert-OH is 1. The lowest BCUT2D eigenvalue weighted by Crippen LogP contribution is -2.39. The van der Waals surface area contributed by atoms with Crippen LogP contribution >= 0.6 is 0 Å². The molecule has 1 amide bonds. The fourth-order valence-electron chi connectivity index (χ4n) is 2.23. The number of amides is 1. The van der Waals surface area contributed by atoms with Gasteiger partial charge in [0.05, 0.1) is 12.1 Å². The molecule has 1 aromatic rings. The second kappa shape index (κ2) is 5.21. The van der Waals surface area contributed by atoms with E-state index in [-0.39, 0.29) is 6.04 Å². The number of ether oxygens (including phenoxy) is 1. The Morgan fingerprint density at radius 3 is 2.84 bits per heavy atom. The summed E-state index contributed by atoms with van der Waals surface area (Å²) in [6.45, 7) is 5.70. The van der Waals surface area contributed by atoms with Gasteiger partial charge in [-0.05, 0) is 31.4 Å². The molecule has 4 heteroatoms. The average Bonchev–Trinajstić information content (AvgIpc) is 2.66. The van der Waals surface area contributed by atoms with Crippen molar-refractivity contribution in [3.63, 3.8) is 0 Å². The Morgan fingerprint density at radius 1 is 1.47 bits per heavy atom. The van der Waals surface area contributed by atoms with Crippen LogP contribution in [0.2, 0.25) is 0 Å². The van der Waals surface area contributed by atoms with Crippen LogP contribution in [0.3, 0.4) is 0 Å². The molecule has 2 N–H and O–H groups in total. The topological polar surface area (TPSA) is 58.6 Å². The predicted octanol–water partition coefficient (Wildman–Crippen LogP) is 2.56. The molecule has 1 aromatic carbocycles. The molecule has 0 radical (unpaired) electrons. The van der Waals surface area contributed by atoms with Crippen molar-refractivity contribution in [2.45, 2.75) is 51.4 Å². The molecule has 4 nitrogen and oxygen atoms in total. The summed E-state index contributed by atoms with van der Waals surface area (Å²) < 4.78 is 5.35. The van der Waals surface area contributed by atoms with Crippen LogP contribution in [0.15, 0.2) is 24.3 Å². The maximum absolute atomic E-state index is 11.9. The van der Waals surface area contributed by atoms with Crippen LogP contribution in [0.25, 0.3) is 0 Å². The normalized spacial score (nSPS) is 21.9. The van der Waals surface area contributed by atoms with Crippen molar-refractivity contribution in [1.29, 1.82) is 0 Å². The summed E-state index contributed by atoms with van der Waals surface area (Å²) in [5.41, 5.74) is 1.56. The minimum atomic E-state index is -0.588. The van der Waals surface area contributed by atoms with E-state index in [1.165, 1.54) is 0 Å². The maximum atomic E-state index is 11.9. The van der Waals surface area contributed by atoms with Gasteiger partial charge in [-0.1, -0.05) is 31.2 Å². The van der Waals surface area contributed by atoms with Crippen molar-refractivity contribution in [2.24, 2.45) is 0 Å². The van der Waals surface area contributed by atoms with Crippen molar-refractivity contribution >= 4 is 6.09 Å². The molecule has 2 atom stereocenters. The molecule has 1 aliphatic rings. The molecule has 104 valence electrons. The highest BCUT2D eigenvalue weighted by Gasteiger charge is 2.33. The lowest BCUT2D eigenvalue weighted by molar-refractivity contribution is 0.0291. The number of carbonyl (C=O) groups is 1. The molecule has 19 heavy (non-hydrogen) atoms. The Labute approximate surface area is 113 Å². The van der Waals surface area contributed by atoms with Crippen LogP contribution in [0, 0.1) is 0 Å². The van der Waals surface area contributed by atoms with E-state index in [4.69, 9.17) is 4.74 Å². The van der Waals surface area contributed by atoms with Gasteiger partial charge in [-0.3, -0.25) is 0 Å². The fraction of sp³-hybridized carbons (Fsp3) is 0.533. The van der Waals surface area contributed by atoms with Gasteiger partial charge in [0.1, 0.15) is 5.60 Å². The molecule has 0 aromatic heterocycles. The van der Waals surface area contributed by atoms with E-state index >= 15 is 0 Å². The van der Waals surface area contributed by atoms with Gasteiger partial charge in [-0.2, -0.15) is 0 Å². The standard InChI is InChI=1S/C15H21NO3/c1-4-15(2,3)19-14(18)16-13-11-8-6-5-7-10(11)9-12(13)17/h5-8,12-13,17H,4,9H2,1-3H3,(H,16,18). The van der Waals surface area contributed by atoms with Gasteiger partial charge in [0.15, 0.2) is 0 Å². The SMILES string of the molecule is CCC(C)(C)OC(=O)NC1c2ccccc2CC1O. The lowest BCUT2D eigenvalue weighted by Gasteiger charge is -2.25. The highest BCUT2D eigenvalue weighted by atomic mass is 16.6. The first kappa shape index (κ1) is 13.9. The molecule has 0 bridgehead atoms. The highest BCUT2D eigenvalue weighted by Crippen LogP contribution is 2.31. The molecule has 0 fully saturated rings. The fourth-order valence-corrected chi connectivity index (χ4v) is 2.23. The summed E-state index contributed by atoms with van der Waals surface area (Å²) in [7, 11) is 0. The van der Waals surface area contributed by atoms with E-state index < -0.39 is 17.8 Å². The third kappa shape index (κ3) is 3.07. The van der Waals surface area contributed by atoms with E-state index in [0.717, 1.165) is 17.5 Å². The minimum absolute atomic E-state index is 0.378. The monoisotopic (exact) mass is 263 g/mol. The second-order valence-corrected chi connectivity index (χ2v) is 5.60. The number of rotatable bonds is 3. The summed E-state index contributed by atoms with van der Waals surface area (Å²) >= 11 is 0. The number of hydrogen-bond acceptors (Lipinski definition) is 3. The van der Waals surface area contributed by atoms with Crippen molar-refractivity contribution < 1.29 is 14.6 Å². The quantitative estimate of drug-likeness (QED) is 0.881. The van der Waals surface area contributed by atoms with E-state index in [9.17, 15) is 9.90 Å². The van der Waals surface area contributed by atoms with Gasteiger partial charge >= 0.3 is 6.09 Å². The van der Waals surface area contributed by atoms with Crippen molar-refractivity contribution in [2.75, 3.05) is 0 Å². The van der Waals surface area contributed by atoms with Gasteiger partial charge < -0.3 is 15.2 Å². The van der Waals surface area contributed by atoms with Gasteiger partial charge in [0, 0.05) is 6.42 Å². The summed E-state index contributed by atoms with van der Waals surface area (Å²) in [5, 5.41) is 12.8. The maximum Gasteiger partial charge on any atom is 0.408 e. The first-order chi connectivity index (χ1) is 8.93. The average molecular weight is 263 g/mol. The number of hydrogen-bond donors (Lipinski definition) is 2. The van der Waals surface area contributed by atoms with Gasteiger partial charge in [0.25, 0.3) is 0 Å². The molecule has 2 unspecified atom stereocenters. The predicted molar refractivity (Wildman–Crippen MR) is 72.9 cm³/mol. The van der Waals surface area contributed by atoms with Crippen LogP contribution in [0.1, 0.15) is 44.4 Å². The van der Waals surface area contributed by atoms with E-state index in [1.807, 2.05) is 45.0 Å². The molecule has 2 rings (SSSR count). The number of aliphatic hydroxyl groups is 1. The van der Waals surface area contributed by atoms with E-state index in [0.29, 0.717) is 6.42 Å². The van der Waals surface area contributed by atoms with Crippen molar-refractivity contribution in [3.8, 4) is 0 Å². The number of carbonyl (C=O) groups excluding carboxylic acids is 1. The van der Waals surface area contributed by atoms with Crippen LogP contribution in [-0.2, 0) is 11.2 Å². The van der Waals surface area contributed by atoms with Gasteiger partial charge in [0.2, 0.25) is 0 Å². The second-order valence-electron chi connectivity index (χ2n) is 5.60. The summed E-state index contributed by atoms with van der Waals surface area (Å²) in [6, 6.07) is 7.37. The molecule has 0 heterocycles. The Morgan fingerprint density at radius 2 is 2.16 bits per heavy atom. The number of nitrogens with one attached hydrogen (secondary N) is 1. The summed E-state index contributed by atoms with van der Waals surface area (Å²) in [4.78, 5) is 11.9. The van der Waals surface area contributed by atoms with Gasteiger partial charge in [-0.15, -0.1) is 0 Å². The highest BCUT2D eigenvalue weighted by molar-refractivity contribution is 5.69. The molecular formula is C15H21NO3. The molecular weight excluding hydrogens is 242 g/mol. The van der Waals surface area contributed by atoms with Crippen LogP contribution in [-0.4, -0.2) is 22.9 Å². The Bertz CT molecular complexity index is 470. The summed E-state index contributed by atoms with van der Waals surface area (Å²) in [6.07, 6.45) is 0.241. The third-order valence-electron chi connectivity index (χ3n) is 3.70. The smallest absolute Gasteiger partial charge is 0.408 e. The number of alkyl carbamates (subject to hydrolysis) is 1. The van der Waals surface area contributed by atoms with Crippen LogP contribution in [0.4, 0.5) is 4.79 Å². The largest absolute Gasteiger partial charge is 0.444 e. The lowest BCUT2D eigenvalue weighted by atomic mass is 10.1. The van der Waals surface area contributed by atoms with E-state index in [2.05, 4.69) is 5.32 Å². The number of fused-ring (bicyclic) bond motifs is 1. The zero-order valence-electron chi connectivity index (χ0n) is 11.6. The van der Waals surface area contributed by atoms with Crippen molar-refractivity contribution in [3.05, 3.63) is 35.4 Å². The van der Waals surface area contributed by atoms with Crippen LogP contribution in [0.5, 0.6) is 0 Å². The molecule has 0 saturated carbocycles. The first-order valence-corrected chi connectivity index (χ1v) is 6.68. The molecule has 0 saturated heterocycles. The molecule has 0 aliphatic heterocycles. The molecule has 0 spiro atoms. The Kier molecular flexibility index (Phi) is 3.80. The summed E-state index contributed by atoms with van der Waals surface area (Å²) in [5.74, 6) is 0. The van der Waals surface area contributed by atoms with Crippen molar-refractivity contribution in [1.82, 2.24) is 5.32 Å². The zero-order chi connectivity index (χ0) is 14.0. The Balaban J connectivity index is 2.06. The van der Waals surface area contributed by atoms with E-state index in [1.54, 1.807) is 0 Å². The third-order valence-corrected chi connectivity index (χ3v) is 3.70.